The molecule has 0 aliphatic heterocycles. The van der Waals surface area contributed by atoms with E-state index in [0.717, 1.165) is 17.9 Å². The molecule has 0 radical (unpaired) electrons. The summed E-state index contributed by atoms with van der Waals surface area (Å²) in [4.78, 5) is 0. The SMILES string of the molecule is CC1CC1CNC1CCC(C)(C)C1. The van der Waals surface area contributed by atoms with E-state index in [1.54, 1.807) is 0 Å². The fourth-order valence-corrected chi connectivity index (χ4v) is 2.61. The molecule has 0 aromatic carbocycles. The molecule has 2 saturated carbocycles. The van der Waals surface area contributed by atoms with Crippen molar-refractivity contribution in [2.45, 2.75) is 52.5 Å². The molecular weight excluding hydrogens is 158 g/mol. The van der Waals surface area contributed by atoms with Gasteiger partial charge in [0.1, 0.15) is 0 Å². The maximum absolute atomic E-state index is 3.73. The minimum atomic E-state index is 0.604. The van der Waals surface area contributed by atoms with Gasteiger partial charge < -0.3 is 5.32 Å². The molecule has 3 unspecified atom stereocenters. The van der Waals surface area contributed by atoms with Gasteiger partial charge in [-0.3, -0.25) is 0 Å². The van der Waals surface area contributed by atoms with E-state index in [0.29, 0.717) is 5.41 Å². The van der Waals surface area contributed by atoms with Crippen molar-refractivity contribution < 1.29 is 0 Å². The summed E-state index contributed by atoms with van der Waals surface area (Å²) < 4.78 is 0. The fourth-order valence-electron chi connectivity index (χ4n) is 2.61. The third-order valence-electron chi connectivity index (χ3n) is 3.91. The third-order valence-corrected chi connectivity index (χ3v) is 3.91. The van der Waals surface area contributed by atoms with Crippen molar-refractivity contribution in [3.05, 3.63) is 0 Å². The lowest BCUT2D eigenvalue weighted by molar-refractivity contribution is 0.363. The second-order valence-corrected chi connectivity index (χ2v) is 5.99. The van der Waals surface area contributed by atoms with Gasteiger partial charge in [-0.25, -0.2) is 0 Å². The Kier molecular flexibility index (Phi) is 2.39. The average Bonchev–Trinajstić information content (AvgIpc) is 2.62. The molecule has 0 amide bonds. The maximum Gasteiger partial charge on any atom is 0.00724 e. The highest BCUT2D eigenvalue weighted by molar-refractivity contribution is 4.90. The molecular formula is C12H23N. The molecule has 0 aromatic rings. The Labute approximate surface area is 82.3 Å². The molecule has 1 nitrogen and oxygen atoms in total. The molecule has 0 heterocycles. The zero-order valence-electron chi connectivity index (χ0n) is 9.27. The van der Waals surface area contributed by atoms with Gasteiger partial charge in [-0.15, -0.1) is 0 Å². The zero-order valence-corrected chi connectivity index (χ0v) is 9.27. The highest BCUT2D eigenvalue weighted by atomic mass is 14.9. The van der Waals surface area contributed by atoms with E-state index >= 15 is 0 Å². The van der Waals surface area contributed by atoms with Crippen LogP contribution in [0.15, 0.2) is 0 Å². The van der Waals surface area contributed by atoms with Crippen molar-refractivity contribution in [1.29, 1.82) is 0 Å². The Hall–Kier alpha value is -0.0400. The first-order valence-corrected chi connectivity index (χ1v) is 5.80. The number of nitrogens with one attached hydrogen (secondary N) is 1. The summed E-state index contributed by atoms with van der Waals surface area (Å²) in [5.41, 5.74) is 0.604. The summed E-state index contributed by atoms with van der Waals surface area (Å²) in [5.74, 6) is 2.01. The highest BCUT2D eigenvalue weighted by Gasteiger charge is 2.35. The summed E-state index contributed by atoms with van der Waals surface area (Å²) in [6.07, 6.45) is 5.65. The van der Waals surface area contributed by atoms with E-state index in [2.05, 4.69) is 26.1 Å². The van der Waals surface area contributed by atoms with Crippen molar-refractivity contribution in [2.24, 2.45) is 17.3 Å². The molecule has 2 aliphatic carbocycles. The third kappa shape index (κ3) is 2.46. The molecule has 2 aliphatic rings. The fraction of sp³-hybridized carbons (Fsp3) is 1.00. The van der Waals surface area contributed by atoms with Crippen molar-refractivity contribution in [1.82, 2.24) is 5.32 Å². The maximum atomic E-state index is 3.73. The van der Waals surface area contributed by atoms with Crippen LogP contribution in [0.4, 0.5) is 0 Å². The highest BCUT2D eigenvalue weighted by Crippen LogP contribution is 2.39. The average molecular weight is 181 g/mol. The summed E-state index contributed by atoms with van der Waals surface area (Å²) in [7, 11) is 0. The molecule has 13 heavy (non-hydrogen) atoms. The zero-order chi connectivity index (χ0) is 9.47. The van der Waals surface area contributed by atoms with Crippen LogP contribution >= 0.6 is 0 Å². The quantitative estimate of drug-likeness (QED) is 0.706. The van der Waals surface area contributed by atoms with E-state index in [4.69, 9.17) is 0 Å². The molecule has 76 valence electrons. The van der Waals surface area contributed by atoms with Gasteiger partial charge in [0.2, 0.25) is 0 Å². The lowest BCUT2D eigenvalue weighted by Gasteiger charge is -2.17. The van der Waals surface area contributed by atoms with Crippen LogP contribution in [-0.4, -0.2) is 12.6 Å². The molecule has 3 atom stereocenters. The summed E-state index contributed by atoms with van der Waals surface area (Å²) in [6.45, 7) is 8.44. The van der Waals surface area contributed by atoms with E-state index in [1.807, 2.05) is 0 Å². The van der Waals surface area contributed by atoms with Crippen LogP contribution in [0, 0.1) is 17.3 Å². The van der Waals surface area contributed by atoms with Gasteiger partial charge in [0.05, 0.1) is 0 Å². The van der Waals surface area contributed by atoms with Gasteiger partial charge in [0.25, 0.3) is 0 Å². The Bertz CT molecular complexity index is 186. The minimum Gasteiger partial charge on any atom is -0.314 e. The number of rotatable bonds is 3. The standard InChI is InChI=1S/C12H23N/c1-9-6-10(9)8-13-11-4-5-12(2,3)7-11/h9-11,13H,4-8H2,1-3H3. The van der Waals surface area contributed by atoms with Gasteiger partial charge in [0.15, 0.2) is 0 Å². The van der Waals surface area contributed by atoms with Crippen LogP contribution in [0.1, 0.15) is 46.5 Å². The van der Waals surface area contributed by atoms with Crippen LogP contribution in [0.25, 0.3) is 0 Å². The van der Waals surface area contributed by atoms with Crippen LogP contribution in [-0.2, 0) is 0 Å². The van der Waals surface area contributed by atoms with Gasteiger partial charge in [-0.05, 0) is 49.5 Å². The predicted octanol–water partition coefficient (Wildman–Crippen LogP) is 2.81. The van der Waals surface area contributed by atoms with Crippen LogP contribution in [0.3, 0.4) is 0 Å². The number of hydrogen-bond donors (Lipinski definition) is 1. The molecule has 1 N–H and O–H groups in total. The second kappa shape index (κ2) is 3.27. The number of hydrogen-bond acceptors (Lipinski definition) is 1. The smallest absolute Gasteiger partial charge is 0.00724 e. The lowest BCUT2D eigenvalue weighted by atomic mass is 9.92. The first kappa shape index (κ1) is 9.51. The molecule has 0 bridgehead atoms. The Balaban J connectivity index is 1.66. The van der Waals surface area contributed by atoms with Crippen LogP contribution in [0.2, 0.25) is 0 Å². The Morgan fingerprint density at radius 2 is 2.08 bits per heavy atom. The van der Waals surface area contributed by atoms with E-state index in [1.165, 1.54) is 32.2 Å². The summed E-state index contributed by atoms with van der Waals surface area (Å²) in [5, 5.41) is 3.73. The first-order valence-electron chi connectivity index (χ1n) is 5.80. The molecule has 0 saturated heterocycles. The van der Waals surface area contributed by atoms with Gasteiger partial charge >= 0.3 is 0 Å². The predicted molar refractivity (Wildman–Crippen MR) is 56.7 cm³/mol. The van der Waals surface area contributed by atoms with Crippen molar-refractivity contribution in [3.63, 3.8) is 0 Å². The minimum absolute atomic E-state index is 0.604. The first-order chi connectivity index (χ1) is 6.07. The van der Waals surface area contributed by atoms with Gasteiger partial charge in [-0.2, -0.15) is 0 Å². The lowest BCUT2D eigenvalue weighted by Crippen LogP contribution is -2.29. The van der Waals surface area contributed by atoms with Crippen molar-refractivity contribution in [3.8, 4) is 0 Å². The molecule has 0 spiro atoms. The molecule has 2 fully saturated rings. The topological polar surface area (TPSA) is 12.0 Å². The van der Waals surface area contributed by atoms with E-state index in [-0.39, 0.29) is 0 Å². The van der Waals surface area contributed by atoms with Gasteiger partial charge in [0, 0.05) is 6.04 Å². The van der Waals surface area contributed by atoms with Gasteiger partial charge in [-0.1, -0.05) is 20.8 Å². The monoisotopic (exact) mass is 181 g/mol. The van der Waals surface area contributed by atoms with Crippen LogP contribution in [0.5, 0.6) is 0 Å². The molecule has 1 heteroatoms. The van der Waals surface area contributed by atoms with E-state index in [9.17, 15) is 0 Å². The Morgan fingerprint density at radius 1 is 1.38 bits per heavy atom. The second-order valence-electron chi connectivity index (χ2n) is 5.99. The summed E-state index contributed by atoms with van der Waals surface area (Å²) >= 11 is 0. The van der Waals surface area contributed by atoms with Crippen molar-refractivity contribution in [2.75, 3.05) is 6.54 Å². The van der Waals surface area contributed by atoms with E-state index < -0.39 is 0 Å². The molecule has 0 aromatic heterocycles. The largest absolute Gasteiger partial charge is 0.314 e. The van der Waals surface area contributed by atoms with Crippen LogP contribution < -0.4 is 5.32 Å². The summed E-state index contributed by atoms with van der Waals surface area (Å²) in [6, 6.07) is 0.822. The normalized spacial score (nSPS) is 42.2. The molecule has 2 rings (SSSR count). The van der Waals surface area contributed by atoms with Crippen molar-refractivity contribution >= 4 is 0 Å². The Morgan fingerprint density at radius 3 is 2.54 bits per heavy atom.